The summed E-state index contributed by atoms with van der Waals surface area (Å²) in [5.41, 5.74) is 3.87. The minimum absolute atomic E-state index is 0.0128. The molecule has 1 aliphatic heterocycles. The Labute approximate surface area is 106 Å². The van der Waals surface area contributed by atoms with Crippen LogP contribution in [0.5, 0.6) is 0 Å². The number of hydrogen-bond acceptors (Lipinski definition) is 4. The van der Waals surface area contributed by atoms with E-state index in [1.807, 2.05) is 29.3 Å². The number of benzene rings is 1. The zero-order valence-corrected chi connectivity index (χ0v) is 10.5. The van der Waals surface area contributed by atoms with Crippen molar-refractivity contribution in [3.05, 3.63) is 29.8 Å². The van der Waals surface area contributed by atoms with Crippen LogP contribution in [0.1, 0.15) is 5.56 Å². The lowest BCUT2D eigenvalue weighted by atomic mass is 10.1. The topological polar surface area (TPSA) is 41.6 Å². The summed E-state index contributed by atoms with van der Waals surface area (Å²) < 4.78 is 5.21. The molecule has 17 heavy (non-hydrogen) atoms. The van der Waals surface area contributed by atoms with Gasteiger partial charge in [0.1, 0.15) is 0 Å². The summed E-state index contributed by atoms with van der Waals surface area (Å²) in [5, 5.41) is 1.90. The largest absolute Gasteiger partial charge is 0.379 e. The zero-order chi connectivity index (χ0) is 12.1. The van der Waals surface area contributed by atoms with Crippen molar-refractivity contribution in [1.29, 1.82) is 0 Å². The fourth-order valence-electron chi connectivity index (χ4n) is 1.69. The third-order valence-electron chi connectivity index (χ3n) is 2.59. The predicted octanol–water partition coefficient (Wildman–Crippen LogP) is 0.881. The van der Waals surface area contributed by atoms with E-state index in [1.165, 1.54) is 0 Å². The highest BCUT2D eigenvalue weighted by Gasteiger charge is 2.12. The van der Waals surface area contributed by atoms with Gasteiger partial charge in [0.05, 0.1) is 19.6 Å². The van der Waals surface area contributed by atoms with Crippen LogP contribution in [0, 0.1) is 0 Å². The highest BCUT2D eigenvalue weighted by Crippen LogP contribution is 2.08. The highest BCUT2D eigenvalue weighted by molar-refractivity contribution is 7.80. The van der Waals surface area contributed by atoms with Crippen molar-refractivity contribution in [1.82, 2.24) is 10.4 Å². The van der Waals surface area contributed by atoms with Crippen LogP contribution in [0.15, 0.2) is 29.2 Å². The lowest BCUT2D eigenvalue weighted by Gasteiger charge is -2.26. The normalized spacial score (nSPS) is 16.8. The molecule has 1 aromatic carbocycles. The van der Waals surface area contributed by atoms with E-state index in [2.05, 4.69) is 18.1 Å². The third-order valence-corrected chi connectivity index (χ3v) is 2.89. The Morgan fingerprint density at radius 1 is 1.29 bits per heavy atom. The molecule has 1 heterocycles. The van der Waals surface area contributed by atoms with E-state index in [9.17, 15) is 4.79 Å². The number of nitrogens with one attached hydrogen (secondary N) is 1. The van der Waals surface area contributed by atoms with Gasteiger partial charge in [-0.2, -0.15) is 0 Å². The monoisotopic (exact) mass is 252 g/mol. The van der Waals surface area contributed by atoms with E-state index < -0.39 is 0 Å². The number of thiol groups is 1. The van der Waals surface area contributed by atoms with Crippen LogP contribution in [-0.4, -0.2) is 37.2 Å². The Kier molecular flexibility index (Phi) is 4.42. The summed E-state index contributed by atoms with van der Waals surface area (Å²) in [6, 6.07) is 7.61. The Hall–Kier alpha value is -1.04. The molecule has 0 aromatic heterocycles. The first-order valence-electron chi connectivity index (χ1n) is 5.64. The Balaban J connectivity index is 1.82. The number of amides is 1. The average molecular weight is 252 g/mol. The van der Waals surface area contributed by atoms with Gasteiger partial charge in [0.15, 0.2) is 0 Å². The van der Waals surface area contributed by atoms with Gasteiger partial charge in [-0.25, -0.2) is 5.01 Å². The van der Waals surface area contributed by atoms with Gasteiger partial charge >= 0.3 is 0 Å². The smallest absolute Gasteiger partial charge is 0.238 e. The summed E-state index contributed by atoms with van der Waals surface area (Å²) >= 11 is 4.21. The molecule has 0 unspecified atom stereocenters. The van der Waals surface area contributed by atoms with Gasteiger partial charge in [-0.15, -0.1) is 12.6 Å². The van der Waals surface area contributed by atoms with Crippen molar-refractivity contribution in [2.24, 2.45) is 0 Å². The number of hydrogen-bond donors (Lipinski definition) is 2. The van der Waals surface area contributed by atoms with Crippen LogP contribution in [0.2, 0.25) is 0 Å². The van der Waals surface area contributed by atoms with Crippen LogP contribution >= 0.6 is 12.6 Å². The molecule has 0 saturated carbocycles. The van der Waals surface area contributed by atoms with E-state index in [1.54, 1.807) is 0 Å². The second kappa shape index (κ2) is 6.05. The second-order valence-corrected chi connectivity index (χ2v) is 4.49. The summed E-state index contributed by atoms with van der Waals surface area (Å²) in [6.07, 6.45) is 0.394. The van der Waals surface area contributed by atoms with E-state index >= 15 is 0 Å². The van der Waals surface area contributed by atoms with Gasteiger partial charge in [-0.1, -0.05) is 12.1 Å². The van der Waals surface area contributed by atoms with Crippen LogP contribution in [-0.2, 0) is 16.0 Å². The minimum Gasteiger partial charge on any atom is -0.379 e. The SMILES string of the molecule is O=C(Cc1ccc(S)cc1)NN1CCOCC1. The van der Waals surface area contributed by atoms with Gasteiger partial charge in [-0.05, 0) is 17.7 Å². The third kappa shape index (κ3) is 4.03. The van der Waals surface area contributed by atoms with Crippen LogP contribution in [0.25, 0.3) is 0 Å². The fraction of sp³-hybridized carbons (Fsp3) is 0.417. The van der Waals surface area contributed by atoms with Crippen LogP contribution in [0.3, 0.4) is 0 Å². The Bertz CT molecular complexity index is 375. The Morgan fingerprint density at radius 2 is 1.94 bits per heavy atom. The first-order valence-corrected chi connectivity index (χ1v) is 6.09. The van der Waals surface area contributed by atoms with Gasteiger partial charge in [0.2, 0.25) is 5.91 Å². The molecule has 1 fully saturated rings. The predicted molar refractivity (Wildman–Crippen MR) is 67.9 cm³/mol. The van der Waals surface area contributed by atoms with Crippen LogP contribution in [0.4, 0.5) is 0 Å². The van der Waals surface area contributed by atoms with Crippen molar-refractivity contribution in [3.63, 3.8) is 0 Å². The number of ether oxygens (including phenoxy) is 1. The highest BCUT2D eigenvalue weighted by atomic mass is 32.1. The molecule has 0 radical (unpaired) electrons. The molecule has 1 amide bonds. The standard InChI is InChI=1S/C12H16N2O2S/c15-12(13-14-5-7-16-8-6-14)9-10-1-3-11(17)4-2-10/h1-4,17H,5-9H2,(H,13,15). The van der Waals surface area contributed by atoms with Crippen molar-refractivity contribution < 1.29 is 9.53 Å². The quantitative estimate of drug-likeness (QED) is 0.785. The first-order chi connectivity index (χ1) is 8.24. The summed E-state index contributed by atoms with van der Waals surface area (Å²) in [7, 11) is 0. The molecule has 92 valence electrons. The van der Waals surface area contributed by atoms with Gasteiger partial charge in [0.25, 0.3) is 0 Å². The molecule has 1 N–H and O–H groups in total. The molecule has 4 nitrogen and oxygen atoms in total. The molecule has 5 heteroatoms. The molecule has 1 saturated heterocycles. The second-order valence-electron chi connectivity index (χ2n) is 3.98. The van der Waals surface area contributed by atoms with Crippen LogP contribution < -0.4 is 5.43 Å². The van der Waals surface area contributed by atoms with Gasteiger partial charge < -0.3 is 4.74 Å². The zero-order valence-electron chi connectivity index (χ0n) is 9.56. The molecule has 0 bridgehead atoms. The molecular formula is C12H16N2O2S. The Morgan fingerprint density at radius 3 is 2.59 bits per heavy atom. The van der Waals surface area contributed by atoms with Crippen molar-refractivity contribution >= 4 is 18.5 Å². The lowest BCUT2D eigenvalue weighted by molar-refractivity contribution is -0.127. The van der Waals surface area contributed by atoms with E-state index in [-0.39, 0.29) is 5.91 Å². The molecule has 2 rings (SSSR count). The number of carbonyl (C=O) groups is 1. The number of morpholine rings is 1. The molecule has 1 aromatic rings. The number of hydrazine groups is 1. The number of nitrogens with zero attached hydrogens (tertiary/aromatic N) is 1. The summed E-state index contributed by atoms with van der Waals surface area (Å²) in [4.78, 5) is 12.7. The van der Waals surface area contributed by atoms with E-state index in [0.717, 1.165) is 23.5 Å². The minimum atomic E-state index is 0.0128. The van der Waals surface area contributed by atoms with Crippen molar-refractivity contribution in [2.75, 3.05) is 26.3 Å². The molecule has 1 aliphatic rings. The number of carbonyl (C=O) groups excluding carboxylic acids is 1. The molecule has 0 aliphatic carbocycles. The summed E-state index contributed by atoms with van der Waals surface area (Å²) in [6.45, 7) is 2.85. The van der Waals surface area contributed by atoms with Crippen molar-refractivity contribution in [3.8, 4) is 0 Å². The molecule has 0 spiro atoms. The summed E-state index contributed by atoms with van der Waals surface area (Å²) in [5.74, 6) is 0.0128. The van der Waals surface area contributed by atoms with Gasteiger partial charge in [0, 0.05) is 18.0 Å². The molecular weight excluding hydrogens is 236 g/mol. The number of rotatable bonds is 3. The van der Waals surface area contributed by atoms with E-state index in [0.29, 0.717) is 19.6 Å². The molecule has 0 atom stereocenters. The maximum absolute atomic E-state index is 11.8. The maximum Gasteiger partial charge on any atom is 0.238 e. The van der Waals surface area contributed by atoms with E-state index in [4.69, 9.17) is 4.74 Å². The van der Waals surface area contributed by atoms with Gasteiger partial charge in [-0.3, -0.25) is 10.2 Å². The maximum atomic E-state index is 11.8. The van der Waals surface area contributed by atoms with Crippen molar-refractivity contribution in [2.45, 2.75) is 11.3 Å². The fourth-order valence-corrected chi connectivity index (χ4v) is 1.84. The lowest BCUT2D eigenvalue weighted by Crippen LogP contribution is -2.48. The first kappa shape index (κ1) is 12.4. The average Bonchev–Trinajstić information content (AvgIpc) is 2.33.